The smallest absolute Gasteiger partial charge is 0.417 e. The van der Waals surface area contributed by atoms with Gasteiger partial charge in [0, 0.05) is 6.42 Å². The van der Waals surface area contributed by atoms with Crippen molar-refractivity contribution in [1.29, 1.82) is 0 Å². The van der Waals surface area contributed by atoms with E-state index >= 15 is 0 Å². The van der Waals surface area contributed by atoms with Gasteiger partial charge in [0.25, 0.3) is 5.91 Å². The lowest BCUT2D eigenvalue weighted by Gasteiger charge is -2.26. The minimum absolute atomic E-state index is 0.211. The Kier molecular flexibility index (Phi) is 3.90. The molecule has 1 unspecified atom stereocenters. The molecule has 19 heavy (non-hydrogen) atoms. The molecule has 1 N–H and O–H groups in total. The molecule has 2 atom stereocenters. The van der Waals surface area contributed by atoms with E-state index in [1.807, 2.05) is 0 Å². The van der Waals surface area contributed by atoms with Crippen LogP contribution in [0, 0.1) is 0 Å². The summed E-state index contributed by atoms with van der Waals surface area (Å²) in [6, 6.07) is -1.16. The van der Waals surface area contributed by atoms with Crippen LogP contribution in [0.3, 0.4) is 0 Å². The van der Waals surface area contributed by atoms with Crippen LogP contribution in [0.5, 0.6) is 0 Å². The molecule has 0 aromatic rings. The number of methoxy groups -OCH3 is 1. The van der Waals surface area contributed by atoms with E-state index in [2.05, 4.69) is 4.74 Å². The molecule has 108 valence electrons. The maximum atomic E-state index is 12.0. The number of nitrogens with zero attached hydrogens (tertiary/aromatic N) is 1. The average molecular weight is 273 g/mol. The van der Waals surface area contributed by atoms with Crippen molar-refractivity contribution in [3.8, 4) is 0 Å². The Labute approximate surface area is 111 Å². The Morgan fingerprint density at radius 3 is 2.37 bits per heavy atom. The highest BCUT2D eigenvalue weighted by Gasteiger charge is 2.54. The van der Waals surface area contributed by atoms with E-state index in [1.54, 1.807) is 20.8 Å². The van der Waals surface area contributed by atoms with E-state index < -0.39 is 35.2 Å². The van der Waals surface area contributed by atoms with Crippen molar-refractivity contribution in [3.63, 3.8) is 0 Å². The lowest BCUT2D eigenvalue weighted by molar-refractivity contribution is -0.149. The molecule has 0 spiro atoms. The van der Waals surface area contributed by atoms with Gasteiger partial charge in [0.15, 0.2) is 0 Å². The van der Waals surface area contributed by atoms with Crippen molar-refractivity contribution in [3.05, 3.63) is 0 Å². The molecule has 1 heterocycles. The molecule has 7 heteroatoms. The molecule has 2 amide bonds. The molecular weight excluding hydrogens is 254 g/mol. The number of esters is 1. The van der Waals surface area contributed by atoms with Gasteiger partial charge in [-0.25, -0.2) is 14.5 Å². The summed E-state index contributed by atoms with van der Waals surface area (Å²) in [6.45, 7) is 6.15. The Balaban J connectivity index is 3.03. The summed E-state index contributed by atoms with van der Waals surface area (Å²) in [5.74, 6) is -1.63. The third-order valence-corrected chi connectivity index (χ3v) is 2.65. The van der Waals surface area contributed by atoms with Crippen LogP contribution in [0.15, 0.2) is 0 Å². The summed E-state index contributed by atoms with van der Waals surface area (Å²) in [6.07, 6.45) is -1.18. The summed E-state index contributed by atoms with van der Waals surface area (Å²) >= 11 is 0. The maximum Gasteiger partial charge on any atom is 0.417 e. The van der Waals surface area contributed by atoms with Crippen molar-refractivity contribution in [2.24, 2.45) is 0 Å². The molecule has 0 saturated carbocycles. The third-order valence-electron chi connectivity index (χ3n) is 2.65. The highest BCUT2D eigenvalue weighted by Crippen LogP contribution is 2.30. The number of likely N-dealkylation sites (tertiary alicyclic amines) is 1. The zero-order valence-corrected chi connectivity index (χ0v) is 11.7. The number of carbonyl (C=O) groups excluding carboxylic acids is 3. The predicted octanol–water partition coefficient (Wildman–Crippen LogP) is 0.446. The topological polar surface area (TPSA) is 93.1 Å². The van der Waals surface area contributed by atoms with E-state index in [4.69, 9.17) is 4.74 Å². The number of aliphatic hydroxyl groups is 1. The maximum absolute atomic E-state index is 12.0. The fraction of sp³-hybridized carbons (Fsp3) is 0.750. The van der Waals surface area contributed by atoms with Crippen molar-refractivity contribution in [2.45, 2.75) is 51.4 Å². The van der Waals surface area contributed by atoms with Gasteiger partial charge in [0.1, 0.15) is 17.2 Å². The number of carbonyl (C=O) groups is 3. The molecule has 1 fully saturated rings. The van der Waals surface area contributed by atoms with Crippen LogP contribution in [0.2, 0.25) is 0 Å². The number of ether oxygens (including phenoxy) is 2. The van der Waals surface area contributed by atoms with Gasteiger partial charge in [0.2, 0.25) is 0 Å². The number of hydrogen-bond acceptors (Lipinski definition) is 6. The first-order chi connectivity index (χ1) is 8.49. The highest BCUT2D eigenvalue weighted by molar-refractivity contribution is 6.03. The predicted molar refractivity (Wildman–Crippen MR) is 64.1 cm³/mol. The van der Waals surface area contributed by atoms with Crippen LogP contribution in [0.4, 0.5) is 4.79 Å². The minimum Gasteiger partial charge on any atom is -0.467 e. The molecule has 1 rings (SSSR count). The van der Waals surface area contributed by atoms with Gasteiger partial charge in [-0.1, -0.05) is 0 Å². The second-order valence-corrected chi connectivity index (χ2v) is 5.67. The number of amides is 2. The lowest BCUT2D eigenvalue weighted by atomic mass is 10.0. The van der Waals surface area contributed by atoms with E-state index in [0.717, 1.165) is 7.11 Å². The number of hydrogen-bond donors (Lipinski definition) is 1. The summed E-state index contributed by atoms with van der Waals surface area (Å²) in [4.78, 5) is 36.1. The second-order valence-electron chi connectivity index (χ2n) is 5.67. The van der Waals surface area contributed by atoms with Gasteiger partial charge in [-0.2, -0.15) is 0 Å². The first kappa shape index (κ1) is 15.4. The molecule has 1 aliphatic heterocycles. The quantitative estimate of drug-likeness (QED) is 0.697. The molecule has 7 nitrogen and oxygen atoms in total. The van der Waals surface area contributed by atoms with E-state index in [-0.39, 0.29) is 6.42 Å². The lowest BCUT2D eigenvalue weighted by Crippen LogP contribution is -2.47. The normalized spacial score (nSPS) is 27.4. The third kappa shape index (κ3) is 3.23. The number of imide groups is 1. The Bertz CT molecular complexity index is 409. The zero-order chi connectivity index (χ0) is 15.0. The summed E-state index contributed by atoms with van der Waals surface area (Å²) in [7, 11) is 1.15. The van der Waals surface area contributed by atoms with Crippen LogP contribution < -0.4 is 0 Å². The first-order valence-electron chi connectivity index (χ1n) is 5.86. The number of rotatable bonds is 1. The molecule has 1 aliphatic rings. The standard InChI is InChI=1S/C12H19NO6/c1-11(2,3)19-10(16)13-7(8(14)18-5)6-12(4,17)9(13)15/h7,17H,6H2,1-5H3/t7-,12?/m0/s1. The molecule has 0 aromatic carbocycles. The monoisotopic (exact) mass is 273 g/mol. The van der Waals surface area contributed by atoms with Crippen molar-refractivity contribution in [1.82, 2.24) is 4.90 Å². The van der Waals surface area contributed by atoms with Crippen molar-refractivity contribution in [2.75, 3.05) is 7.11 Å². The van der Waals surface area contributed by atoms with Crippen LogP contribution in [0.1, 0.15) is 34.1 Å². The summed E-state index contributed by atoms with van der Waals surface area (Å²) in [5.41, 5.74) is -2.59. The fourth-order valence-electron chi connectivity index (χ4n) is 1.80. The fourth-order valence-corrected chi connectivity index (χ4v) is 1.80. The summed E-state index contributed by atoms with van der Waals surface area (Å²) in [5, 5.41) is 9.89. The minimum atomic E-state index is -1.78. The van der Waals surface area contributed by atoms with Crippen LogP contribution in [0.25, 0.3) is 0 Å². The molecule has 0 aromatic heterocycles. The van der Waals surface area contributed by atoms with Crippen molar-refractivity contribution < 1.29 is 29.0 Å². The van der Waals surface area contributed by atoms with Gasteiger partial charge in [-0.15, -0.1) is 0 Å². The van der Waals surface area contributed by atoms with Gasteiger partial charge in [0.05, 0.1) is 7.11 Å². The average Bonchev–Trinajstić information content (AvgIpc) is 2.47. The van der Waals surface area contributed by atoms with Gasteiger partial charge in [-0.3, -0.25) is 4.79 Å². The molecule has 1 saturated heterocycles. The summed E-state index contributed by atoms with van der Waals surface area (Å²) < 4.78 is 9.59. The van der Waals surface area contributed by atoms with Crippen molar-refractivity contribution >= 4 is 18.0 Å². The first-order valence-corrected chi connectivity index (χ1v) is 5.86. The van der Waals surface area contributed by atoms with Gasteiger partial charge >= 0.3 is 12.1 Å². The van der Waals surface area contributed by atoms with Gasteiger partial charge < -0.3 is 14.6 Å². The van der Waals surface area contributed by atoms with Crippen LogP contribution >= 0.6 is 0 Å². The van der Waals surface area contributed by atoms with Crippen LogP contribution in [-0.2, 0) is 19.1 Å². The molecule has 0 radical (unpaired) electrons. The zero-order valence-electron chi connectivity index (χ0n) is 11.7. The van der Waals surface area contributed by atoms with Gasteiger partial charge in [-0.05, 0) is 27.7 Å². The highest BCUT2D eigenvalue weighted by atomic mass is 16.6. The molecule has 0 aliphatic carbocycles. The molecule has 0 bridgehead atoms. The van der Waals surface area contributed by atoms with E-state index in [9.17, 15) is 19.5 Å². The van der Waals surface area contributed by atoms with Crippen LogP contribution in [-0.4, -0.2) is 52.3 Å². The largest absolute Gasteiger partial charge is 0.467 e. The molecular formula is C12H19NO6. The van der Waals surface area contributed by atoms with E-state index in [1.165, 1.54) is 6.92 Å². The SMILES string of the molecule is COC(=O)[C@@H]1CC(C)(O)C(=O)N1C(=O)OC(C)(C)C. The Morgan fingerprint density at radius 2 is 1.95 bits per heavy atom. The van der Waals surface area contributed by atoms with E-state index in [0.29, 0.717) is 4.90 Å². The Morgan fingerprint density at radius 1 is 1.42 bits per heavy atom. The Hall–Kier alpha value is -1.63. The second kappa shape index (κ2) is 4.80.